The number of para-hydroxylation sites is 1. The summed E-state index contributed by atoms with van der Waals surface area (Å²) in [5.74, 6) is -0.406. The Labute approximate surface area is 98.7 Å². The fourth-order valence-electron chi connectivity index (χ4n) is 1.40. The molecule has 0 bridgehead atoms. The van der Waals surface area contributed by atoms with Crippen LogP contribution in [0.5, 0.6) is 5.75 Å². The van der Waals surface area contributed by atoms with E-state index in [1.54, 1.807) is 0 Å². The Hall–Kier alpha value is -2.11. The quantitative estimate of drug-likeness (QED) is 0.639. The van der Waals surface area contributed by atoms with Crippen LogP contribution in [0.2, 0.25) is 0 Å². The second-order valence-corrected chi connectivity index (χ2v) is 3.74. The Balaban J connectivity index is 3.20. The Morgan fingerprint density at radius 3 is 2.59 bits per heavy atom. The molecule has 0 spiro atoms. The number of nitrogens with zero attached hydrogens (tertiary/aromatic N) is 1. The minimum Gasteiger partial charge on any atom is -0.490 e. The highest BCUT2D eigenvalue weighted by Crippen LogP contribution is 2.30. The molecule has 0 saturated heterocycles. The van der Waals surface area contributed by atoms with Crippen molar-refractivity contribution in [3.05, 3.63) is 33.9 Å². The summed E-state index contributed by atoms with van der Waals surface area (Å²) in [6.07, 6.45) is 0. The van der Waals surface area contributed by atoms with E-state index in [4.69, 9.17) is 4.74 Å². The van der Waals surface area contributed by atoms with Gasteiger partial charge in [-0.2, -0.15) is 0 Å². The van der Waals surface area contributed by atoms with E-state index >= 15 is 0 Å². The van der Waals surface area contributed by atoms with Gasteiger partial charge >= 0.3 is 5.69 Å². The van der Waals surface area contributed by atoms with Crippen molar-refractivity contribution in [2.75, 3.05) is 7.11 Å². The molecule has 6 nitrogen and oxygen atoms in total. The number of carbonyl (C=O) groups excluding carboxylic acids is 1. The van der Waals surface area contributed by atoms with Crippen molar-refractivity contribution < 1.29 is 14.5 Å². The zero-order valence-electron chi connectivity index (χ0n) is 9.89. The fourth-order valence-corrected chi connectivity index (χ4v) is 1.40. The summed E-state index contributed by atoms with van der Waals surface area (Å²) in [5, 5.41) is 13.4. The second kappa shape index (κ2) is 5.29. The number of hydrogen-bond donors (Lipinski definition) is 1. The molecule has 0 atom stereocenters. The van der Waals surface area contributed by atoms with E-state index in [-0.39, 0.29) is 28.9 Å². The van der Waals surface area contributed by atoms with E-state index in [9.17, 15) is 14.9 Å². The molecule has 0 heterocycles. The third-order valence-corrected chi connectivity index (χ3v) is 2.06. The van der Waals surface area contributed by atoms with Gasteiger partial charge in [-0.25, -0.2) is 0 Å². The molecule has 1 aromatic carbocycles. The van der Waals surface area contributed by atoms with Gasteiger partial charge in [0.25, 0.3) is 5.91 Å². The maximum Gasteiger partial charge on any atom is 0.311 e. The zero-order valence-corrected chi connectivity index (χ0v) is 9.89. The topological polar surface area (TPSA) is 81.5 Å². The molecule has 1 amide bonds. The first kappa shape index (κ1) is 13.0. The molecule has 0 aromatic heterocycles. The Kier molecular flexibility index (Phi) is 4.03. The van der Waals surface area contributed by atoms with Crippen LogP contribution < -0.4 is 10.1 Å². The average Bonchev–Trinajstić information content (AvgIpc) is 2.26. The average molecular weight is 238 g/mol. The van der Waals surface area contributed by atoms with Gasteiger partial charge in [0, 0.05) is 12.1 Å². The summed E-state index contributed by atoms with van der Waals surface area (Å²) in [6.45, 7) is 3.61. The number of nitro benzene ring substituents is 1. The maximum atomic E-state index is 11.8. The van der Waals surface area contributed by atoms with Crippen LogP contribution in [-0.2, 0) is 0 Å². The molecule has 0 fully saturated rings. The van der Waals surface area contributed by atoms with Crippen molar-refractivity contribution >= 4 is 11.6 Å². The minimum absolute atomic E-state index is 0.0179. The highest BCUT2D eigenvalue weighted by atomic mass is 16.6. The molecule has 6 heteroatoms. The summed E-state index contributed by atoms with van der Waals surface area (Å²) in [6, 6.07) is 4.19. The first-order chi connectivity index (χ1) is 7.97. The van der Waals surface area contributed by atoms with Crippen LogP contribution in [0.1, 0.15) is 24.2 Å². The normalized spacial score (nSPS) is 10.1. The third kappa shape index (κ3) is 2.93. The van der Waals surface area contributed by atoms with Crippen LogP contribution in [0.15, 0.2) is 18.2 Å². The number of benzene rings is 1. The lowest BCUT2D eigenvalue weighted by Crippen LogP contribution is -2.30. The molecule has 0 unspecified atom stereocenters. The molecule has 0 radical (unpaired) electrons. The summed E-state index contributed by atoms with van der Waals surface area (Å²) in [4.78, 5) is 22.0. The van der Waals surface area contributed by atoms with Crippen LogP contribution in [0.25, 0.3) is 0 Å². The molecule has 1 rings (SSSR count). The lowest BCUT2D eigenvalue weighted by atomic mass is 10.1. The SMILES string of the molecule is COc1c(C(=O)NC(C)C)cccc1[N+](=O)[O-]. The van der Waals surface area contributed by atoms with E-state index in [1.165, 1.54) is 25.3 Å². The lowest BCUT2D eigenvalue weighted by Gasteiger charge is -2.11. The van der Waals surface area contributed by atoms with Crippen LogP contribution in [-0.4, -0.2) is 24.0 Å². The molecule has 0 saturated carbocycles. The molecule has 0 aliphatic rings. The summed E-state index contributed by atoms with van der Waals surface area (Å²) < 4.78 is 4.94. The van der Waals surface area contributed by atoms with Gasteiger partial charge in [-0.15, -0.1) is 0 Å². The van der Waals surface area contributed by atoms with Crippen LogP contribution in [0.3, 0.4) is 0 Å². The summed E-state index contributed by atoms with van der Waals surface area (Å²) >= 11 is 0. The predicted molar refractivity (Wildman–Crippen MR) is 62.3 cm³/mol. The number of amides is 1. The molecule has 0 aliphatic heterocycles. The number of carbonyl (C=O) groups is 1. The molecule has 17 heavy (non-hydrogen) atoms. The number of methoxy groups -OCH3 is 1. The van der Waals surface area contributed by atoms with Gasteiger partial charge in [-0.05, 0) is 19.9 Å². The third-order valence-electron chi connectivity index (χ3n) is 2.06. The van der Waals surface area contributed by atoms with Crippen molar-refractivity contribution in [3.8, 4) is 5.75 Å². The standard InChI is InChI=1S/C11H14N2O4/c1-7(2)12-11(14)8-5-4-6-9(13(15)16)10(8)17-3/h4-7H,1-3H3,(H,12,14). The van der Waals surface area contributed by atoms with E-state index in [1.807, 2.05) is 13.8 Å². The fraction of sp³-hybridized carbons (Fsp3) is 0.364. The molecule has 0 aliphatic carbocycles. The monoisotopic (exact) mass is 238 g/mol. The Bertz CT molecular complexity index is 443. The van der Waals surface area contributed by atoms with Crippen molar-refractivity contribution in [1.29, 1.82) is 0 Å². The van der Waals surface area contributed by atoms with E-state index < -0.39 is 4.92 Å². The van der Waals surface area contributed by atoms with Crippen LogP contribution in [0, 0.1) is 10.1 Å². The summed E-state index contributed by atoms with van der Waals surface area (Å²) in [7, 11) is 1.30. The first-order valence-corrected chi connectivity index (χ1v) is 5.09. The predicted octanol–water partition coefficient (Wildman–Crippen LogP) is 1.74. The first-order valence-electron chi connectivity index (χ1n) is 5.09. The zero-order chi connectivity index (χ0) is 13.0. The Morgan fingerprint density at radius 2 is 2.12 bits per heavy atom. The number of nitro groups is 1. The van der Waals surface area contributed by atoms with Crippen molar-refractivity contribution in [2.24, 2.45) is 0 Å². The molecule has 1 aromatic rings. The number of hydrogen-bond acceptors (Lipinski definition) is 4. The van der Waals surface area contributed by atoms with Crippen molar-refractivity contribution in [2.45, 2.75) is 19.9 Å². The number of nitrogens with one attached hydrogen (secondary N) is 1. The van der Waals surface area contributed by atoms with Crippen molar-refractivity contribution in [1.82, 2.24) is 5.32 Å². The largest absolute Gasteiger partial charge is 0.490 e. The molecule has 1 N–H and O–H groups in total. The summed E-state index contributed by atoms with van der Waals surface area (Å²) in [5.41, 5.74) is -0.0562. The van der Waals surface area contributed by atoms with Crippen LogP contribution in [0.4, 0.5) is 5.69 Å². The van der Waals surface area contributed by atoms with Gasteiger partial charge < -0.3 is 10.1 Å². The molecular formula is C11H14N2O4. The van der Waals surface area contributed by atoms with Gasteiger partial charge in [0.15, 0.2) is 0 Å². The van der Waals surface area contributed by atoms with Gasteiger partial charge in [0.05, 0.1) is 17.6 Å². The number of ether oxygens (including phenoxy) is 1. The minimum atomic E-state index is -0.578. The van der Waals surface area contributed by atoms with E-state index in [0.29, 0.717) is 0 Å². The van der Waals surface area contributed by atoms with Gasteiger partial charge in [-0.3, -0.25) is 14.9 Å². The van der Waals surface area contributed by atoms with Crippen molar-refractivity contribution in [3.63, 3.8) is 0 Å². The van der Waals surface area contributed by atoms with Crippen LogP contribution >= 0.6 is 0 Å². The molecule has 92 valence electrons. The van der Waals surface area contributed by atoms with Gasteiger partial charge in [-0.1, -0.05) is 6.07 Å². The smallest absolute Gasteiger partial charge is 0.311 e. The maximum absolute atomic E-state index is 11.8. The Morgan fingerprint density at radius 1 is 1.47 bits per heavy atom. The van der Waals surface area contributed by atoms with E-state index in [2.05, 4.69) is 5.32 Å². The highest BCUT2D eigenvalue weighted by Gasteiger charge is 2.22. The van der Waals surface area contributed by atoms with Gasteiger partial charge in [0.2, 0.25) is 5.75 Å². The number of rotatable bonds is 4. The molecular weight excluding hydrogens is 224 g/mol. The van der Waals surface area contributed by atoms with Gasteiger partial charge in [0.1, 0.15) is 0 Å². The second-order valence-electron chi connectivity index (χ2n) is 3.74. The van der Waals surface area contributed by atoms with E-state index in [0.717, 1.165) is 0 Å². The lowest BCUT2D eigenvalue weighted by molar-refractivity contribution is -0.385. The highest BCUT2D eigenvalue weighted by molar-refractivity contribution is 5.98.